The number of nitrogens with zero attached hydrogens (tertiary/aromatic N) is 1. The van der Waals surface area contributed by atoms with Crippen molar-refractivity contribution in [3.8, 4) is 0 Å². The Bertz CT molecular complexity index is 928. The summed E-state index contributed by atoms with van der Waals surface area (Å²) in [6.07, 6.45) is 1.92. The van der Waals surface area contributed by atoms with Gasteiger partial charge in [0.15, 0.2) is 0 Å². The molecule has 0 heterocycles. The van der Waals surface area contributed by atoms with E-state index >= 15 is 0 Å². The van der Waals surface area contributed by atoms with E-state index in [-0.39, 0.29) is 28.7 Å². The third-order valence-corrected chi connectivity index (χ3v) is 3.93. The van der Waals surface area contributed by atoms with Gasteiger partial charge in [0.1, 0.15) is 11.5 Å². The predicted molar refractivity (Wildman–Crippen MR) is 98.4 cm³/mol. The van der Waals surface area contributed by atoms with Crippen molar-refractivity contribution in [2.45, 2.75) is 25.8 Å². The highest BCUT2D eigenvalue weighted by Gasteiger charge is 2.25. The second-order valence-corrected chi connectivity index (χ2v) is 6.24. The second-order valence-electron chi connectivity index (χ2n) is 6.24. The van der Waals surface area contributed by atoms with Gasteiger partial charge < -0.3 is 16.0 Å². The molecule has 3 rings (SSSR count). The molecule has 8 nitrogen and oxygen atoms in total. The van der Waals surface area contributed by atoms with Crippen molar-refractivity contribution < 1.29 is 18.9 Å². The van der Waals surface area contributed by atoms with E-state index in [2.05, 4.69) is 16.0 Å². The van der Waals surface area contributed by atoms with Crippen LogP contribution in [0, 0.1) is 15.9 Å². The second kappa shape index (κ2) is 7.40. The number of anilines is 3. The van der Waals surface area contributed by atoms with Crippen LogP contribution in [0.2, 0.25) is 0 Å². The third kappa shape index (κ3) is 4.57. The fourth-order valence-electron chi connectivity index (χ4n) is 2.49. The van der Waals surface area contributed by atoms with E-state index in [0.29, 0.717) is 5.69 Å². The molecule has 0 aliphatic heterocycles. The number of benzene rings is 2. The van der Waals surface area contributed by atoms with Gasteiger partial charge in [-0.25, -0.2) is 4.39 Å². The van der Waals surface area contributed by atoms with Crippen molar-refractivity contribution >= 4 is 34.6 Å². The summed E-state index contributed by atoms with van der Waals surface area (Å²) in [5.41, 5.74) is 0.443. The van der Waals surface area contributed by atoms with Crippen LogP contribution in [0.1, 0.15) is 30.1 Å². The van der Waals surface area contributed by atoms with Gasteiger partial charge in [-0.05, 0) is 43.2 Å². The van der Waals surface area contributed by atoms with Crippen molar-refractivity contribution in [3.05, 3.63) is 57.9 Å². The molecule has 140 valence electrons. The average molecular weight is 372 g/mol. The number of carbonyl (C=O) groups is 2. The van der Waals surface area contributed by atoms with Crippen LogP contribution in [0.3, 0.4) is 0 Å². The minimum absolute atomic E-state index is 0.0738. The van der Waals surface area contributed by atoms with Crippen LogP contribution >= 0.6 is 0 Å². The summed E-state index contributed by atoms with van der Waals surface area (Å²) >= 11 is 0. The van der Waals surface area contributed by atoms with Crippen molar-refractivity contribution in [1.29, 1.82) is 0 Å². The Labute approximate surface area is 153 Å². The quantitative estimate of drug-likeness (QED) is 0.530. The van der Waals surface area contributed by atoms with Crippen molar-refractivity contribution in [2.75, 3.05) is 16.0 Å². The summed E-state index contributed by atoms with van der Waals surface area (Å²) in [6, 6.07) is 8.10. The number of amides is 2. The van der Waals surface area contributed by atoms with Crippen molar-refractivity contribution in [2.24, 2.45) is 0 Å². The highest BCUT2D eigenvalue weighted by molar-refractivity contribution is 6.05. The highest BCUT2D eigenvalue weighted by Crippen LogP contribution is 2.31. The largest absolute Gasteiger partial charge is 0.377 e. The van der Waals surface area contributed by atoms with Gasteiger partial charge in [-0.3, -0.25) is 19.7 Å². The lowest BCUT2D eigenvalue weighted by Crippen LogP contribution is -2.14. The van der Waals surface area contributed by atoms with Crippen LogP contribution in [0.15, 0.2) is 36.4 Å². The van der Waals surface area contributed by atoms with Crippen LogP contribution in [-0.4, -0.2) is 22.8 Å². The van der Waals surface area contributed by atoms with E-state index in [1.54, 1.807) is 0 Å². The normalized spacial score (nSPS) is 13.0. The lowest BCUT2D eigenvalue weighted by atomic mass is 10.1. The van der Waals surface area contributed by atoms with Gasteiger partial charge in [0, 0.05) is 30.3 Å². The van der Waals surface area contributed by atoms with Gasteiger partial charge in [0.05, 0.1) is 10.6 Å². The van der Waals surface area contributed by atoms with Crippen molar-refractivity contribution in [3.63, 3.8) is 0 Å². The van der Waals surface area contributed by atoms with E-state index in [0.717, 1.165) is 18.9 Å². The molecule has 2 aromatic carbocycles. The molecule has 0 radical (unpaired) electrons. The molecule has 0 unspecified atom stereocenters. The van der Waals surface area contributed by atoms with Crippen LogP contribution in [0.25, 0.3) is 0 Å². The molecule has 27 heavy (non-hydrogen) atoms. The molecule has 1 saturated carbocycles. The van der Waals surface area contributed by atoms with Gasteiger partial charge >= 0.3 is 0 Å². The molecule has 3 N–H and O–H groups in total. The zero-order valence-electron chi connectivity index (χ0n) is 14.4. The first-order chi connectivity index (χ1) is 12.8. The first-order valence-electron chi connectivity index (χ1n) is 8.27. The van der Waals surface area contributed by atoms with Gasteiger partial charge in [-0.1, -0.05) is 0 Å². The fraction of sp³-hybridized carbons (Fsp3) is 0.222. The van der Waals surface area contributed by atoms with E-state index in [1.807, 2.05) is 0 Å². The first-order valence-corrected chi connectivity index (χ1v) is 8.27. The first kappa shape index (κ1) is 18.3. The third-order valence-electron chi connectivity index (χ3n) is 3.93. The Morgan fingerprint density at radius 2 is 1.85 bits per heavy atom. The number of hydrogen-bond acceptors (Lipinski definition) is 5. The average Bonchev–Trinajstić information content (AvgIpc) is 3.41. The number of hydrogen-bond donors (Lipinski definition) is 3. The maximum Gasteiger partial charge on any atom is 0.293 e. The molecule has 0 spiro atoms. The smallest absolute Gasteiger partial charge is 0.293 e. The summed E-state index contributed by atoms with van der Waals surface area (Å²) in [5.74, 6) is -1.68. The summed E-state index contributed by atoms with van der Waals surface area (Å²) in [4.78, 5) is 34.3. The molecule has 0 bridgehead atoms. The minimum Gasteiger partial charge on any atom is -0.377 e. The molecule has 1 aliphatic rings. The standard InChI is InChI=1S/C18H17FN4O4/c1-10(24)20-16-9-13(5-6-14(16)19)22-18(25)11-2-7-15(21-12-3-4-12)17(8-11)23(26)27/h2,5-9,12,21H,3-4H2,1H3,(H,20,24)(H,22,25). The molecular weight excluding hydrogens is 355 g/mol. The van der Waals surface area contributed by atoms with Crippen molar-refractivity contribution in [1.82, 2.24) is 0 Å². The van der Waals surface area contributed by atoms with Gasteiger partial charge in [-0.15, -0.1) is 0 Å². The maximum absolute atomic E-state index is 13.7. The topological polar surface area (TPSA) is 113 Å². The molecule has 1 fully saturated rings. The molecule has 9 heteroatoms. The monoisotopic (exact) mass is 372 g/mol. The van der Waals surface area contributed by atoms with E-state index in [4.69, 9.17) is 0 Å². The molecule has 1 aliphatic carbocycles. The summed E-state index contributed by atoms with van der Waals surface area (Å²) in [6.45, 7) is 1.24. The van der Waals surface area contributed by atoms with E-state index in [9.17, 15) is 24.1 Å². The van der Waals surface area contributed by atoms with Crippen LogP contribution in [0.4, 0.5) is 27.1 Å². The Morgan fingerprint density at radius 1 is 1.11 bits per heavy atom. The molecule has 0 aromatic heterocycles. The Balaban J connectivity index is 1.80. The highest BCUT2D eigenvalue weighted by atomic mass is 19.1. The summed E-state index contributed by atoms with van der Waals surface area (Å²) in [5, 5.41) is 19.2. The predicted octanol–water partition coefficient (Wildman–Crippen LogP) is 3.52. The number of nitro groups is 1. The minimum atomic E-state index is -0.644. The number of nitrogens with one attached hydrogen (secondary N) is 3. The SMILES string of the molecule is CC(=O)Nc1cc(NC(=O)c2ccc(NC3CC3)c([N+](=O)[O-])c2)ccc1F. The summed E-state index contributed by atoms with van der Waals surface area (Å²) in [7, 11) is 0. The maximum atomic E-state index is 13.7. The Hall–Kier alpha value is -3.49. The lowest BCUT2D eigenvalue weighted by molar-refractivity contribution is -0.384. The molecule has 2 amide bonds. The molecular formula is C18H17FN4O4. The molecule has 2 aromatic rings. The zero-order chi connectivity index (χ0) is 19.6. The summed E-state index contributed by atoms with van der Waals surface area (Å²) < 4.78 is 13.7. The number of carbonyl (C=O) groups excluding carboxylic acids is 2. The van der Waals surface area contributed by atoms with Crippen LogP contribution in [-0.2, 0) is 4.79 Å². The number of nitro benzene ring substituents is 1. The lowest BCUT2D eigenvalue weighted by Gasteiger charge is -2.10. The number of halogens is 1. The Kier molecular flexibility index (Phi) is 5.02. The fourth-order valence-corrected chi connectivity index (χ4v) is 2.49. The van der Waals surface area contributed by atoms with Gasteiger partial charge in [-0.2, -0.15) is 0 Å². The number of rotatable bonds is 6. The van der Waals surface area contributed by atoms with Crippen LogP contribution < -0.4 is 16.0 Å². The Morgan fingerprint density at radius 3 is 2.48 bits per heavy atom. The molecule has 0 atom stereocenters. The van der Waals surface area contributed by atoms with Gasteiger partial charge in [0.2, 0.25) is 5.91 Å². The van der Waals surface area contributed by atoms with Gasteiger partial charge in [0.25, 0.3) is 11.6 Å². The molecule has 0 saturated heterocycles. The van der Waals surface area contributed by atoms with Crippen LogP contribution in [0.5, 0.6) is 0 Å². The van der Waals surface area contributed by atoms with E-state index < -0.39 is 22.6 Å². The van der Waals surface area contributed by atoms with E-state index in [1.165, 1.54) is 37.3 Å². The zero-order valence-corrected chi connectivity index (χ0v) is 14.4.